The van der Waals surface area contributed by atoms with Crippen LogP contribution in [0.5, 0.6) is 0 Å². The average Bonchev–Trinajstić information content (AvgIpc) is 2.09. The van der Waals surface area contributed by atoms with Gasteiger partial charge < -0.3 is 5.73 Å². The third-order valence-corrected chi connectivity index (χ3v) is 1.84. The van der Waals surface area contributed by atoms with Crippen LogP contribution in [0, 0.1) is 5.82 Å². The van der Waals surface area contributed by atoms with E-state index in [1.54, 1.807) is 5.48 Å². The lowest BCUT2D eigenvalue weighted by molar-refractivity contribution is 0.100. The molecular formula is C7H6ClFN2O2. The summed E-state index contributed by atoms with van der Waals surface area (Å²) in [6, 6.07) is 2.12. The summed E-state index contributed by atoms with van der Waals surface area (Å²) in [5.41, 5.74) is 6.25. The van der Waals surface area contributed by atoms with E-state index in [-0.39, 0.29) is 16.3 Å². The summed E-state index contributed by atoms with van der Waals surface area (Å²) in [7, 11) is 0. The Hall–Kier alpha value is -1.33. The maximum absolute atomic E-state index is 12.8. The van der Waals surface area contributed by atoms with Crippen LogP contribution in [-0.2, 0) is 0 Å². The van der Waals surface area contributed by atoms with Crippen molar-refractivity contribution >= 4 is 23.2 Å². The molecule has 1 aromatic rings. The summed E-state index contributed by atoms with van der Waals surface area (Å²) in [5.74, 6) is -1.55. The Morgan fingerprint density at radius 3 is 2.69 bits per heavy atom. The Balaban J connectivity index is 3.38. The Labute approximate surface area is 78.1 Å². The number of amides is 1. The van der Waals surface area contributed by atoms with Crippen molar-refractivity contribution in [3.8, 4) is 0 Å². The van der Waals surface area contributed by atoms with Crippen LogP contribution in [0.4, 0.5) is 10.1 Å². The first-order valence-corrected chi connectivity index (χ1v) is 3.63. The number of halogens is 2. The largest absolute Gasteiger partial charge is 0.366 e. The van der Waals surface area contributed by atoms with Crippen LogP contribution in [0.1, 0.15) is 10.4 Å². The molecule has 0 saturated heterocycles. The molecule has 0 spiro atoms. The standard InChI is InChI=1S/C7H6ClFN2O2/c8-5-4(9)2-1-3(7(10)12)6(5)11-13/h1-2,11,13H,(H2,10,12). The highest BCUT2D eigenvalue weighted by Gasteiger charge is 2.14. The molecule has 0 heterocycles. The molecule has 1 rings (SSSR count). The van der Waals surface area contributed by atoms with Crippen molar-refractivity contribution in [3.05, 3.63) is 28.5 Å². The smallest absolute Gasteiger partial charge is 0.250 e. The summed E-state index contributed by atoms with van der Waals surface area (Å²) in [5, 5.41) is 8.19. The molecule has 70 valence electrons. The molecule has 1 aromatic carbocycles. The predicted octanol–water partition coefficient (Wildman–Crippen LogP) is 1.38. The highest BCUT2D eigenvalue weighted by molar-refractivity contribution is 6.34. The molecule has 13 heavy (non-hydrogen) atoms. The molecule has 0 aliphatic rings. The van der Waals surface area contributed by atoms with Crippen molar-refractivity contribution < 1.29 is 14.4 Å². The minimum absolute atomic E-state index is 0.0751. The van der Waals surface area contributed by atoms with Gasteiger partial charge in [0, 0.05) is 0 Å². The quantitative estimate of drug-likeness (QED) is 0.637. The first-order valence-electron chi connectivity index (χ1n) is 3.26. The van der Waals surface area contributed by atoms with E-state index < -0.39 is 11.7 Å². The maximum atomic E-state index is 12.8. The zero-order valence-corrected chi connectivity index (χ0v) is 7.10. The van der Waals surface area contributed by atoms with Crippen LogP contribution in [0.2, 0.25) is 5.02 Å². The van der Waals surface area contributed by atoms with E-state index in [9.17, 15) is 9.18 Å². The molecule has 0 bridgehead atoms. The van der Waals surface area contributed by atoms with E-state index in [1.165, 1.54) is 0 Å². The van der Waals surface area contributed by atoms with E-state index >= 15 is 0 Å². The minimum Gasteiger partial charge on any atom is -0.366 e. The minimum atomic E-state index is -0.807. The Morgan fingerprint density at radius 2 is 2.23 bits per heavy atom. The van der Waals surface area contributed by atoms with E-state index in [0.29, 0.717) is 0 Å². The van der Waals surface area contributed by atoms with Gasteiger partial charge in [-0.2, -0.15) is 0 Å². The van der Waals surface area contributed by atoms with E-state index in [1.807, 2.05) is 0 Å². The number of rotatable bonds is 2. The lowest BCUT2D eigenvalue weighted by atomic mass is 10.1. The fraction of sp³-hybridized carbons (Fsp3) is 0. The molecule has 4 nitrogen and oxygen atoms in total. The number of nitrogens with one attached hydrogen (secondary N) is 1. The summed E-state index contributed by atoms with van der Waals surface area (Å²) >= 11 is 5.44. The highest BCUT2D eigenvalue weighted by atomic mass is 35.5. The number of hydrogen-bond donors (Lipinski definition) is 3. The van der Waals surface area contributed by atoms with Crippen LogP contribution in [0.3, 0.4) is 0 Å². The van der Waals surface area contributed by atoms with Crippen LogP contribution < -0.4 is 11.2 Å². The van der Waals surface area contributed by atoms with Crippen LogP contribution >= 0.6 is 11.6 Å². The van der Waals surface area contributed by atoms with Gasteiger partial charge in [0.1, 0.15) is 10.8 Å². The second kappa shape index (κ2) is 3.59. The normalized spacial score (nSPS) is 9.77. The molecule has 6 heteroatoms. The van der Waals surface area contributed by atoms with Crippen molar-refractivity contribution in [3.63, 3.8) is 0 Å². The average molecular weight is 205 g/mol. The van der Waals surface area contributed by atoms with Gasteiger partial charge in [0.2, 0.25) is 0 Å². The summed E-state index contributed by atoms with van der Waals surface area (Å²) < 4.78 is 12.8. The van der Waals surface area contributed by atoms with Crippen molar-refractivity contribution in [2.24, 2.45) is 5.73 Å². The molecule has 0 atom stereocenters. The Kier molecular flexibility index (Phi) is 2.69. The SMILES string of the molecule is NC(=O)c1ccc(F)c(Cl)c1NO. The fourth-order valence-electron chi connectivity index (χ4n) is 0.865. The van der Waals surface area contributed by atoms with Crippen LogP contribution in [0.25, 0.3) is 0 Å². The van der Waals surface area contributed by atoms with E-state index in [4.69, 9.17) is 22.5 Å². The molecule has 0 unspecified atom stereocenters. The molecule has 0 fully saturated rings. The zero-order valence-electron chi connectivity index (χ0n) is 6.34. The van der Waals surface area contributed by atoms with Gasteiger partial charge in [0.15, 0.2) is 0 Å². The number of hydrogen-bond acceptors (Lipinski definition) is 3. The highest BCUT2D eigenvalue weighted by Crippen LogP contribution is 2.27. The number of primary amides is 1. The number of carbonyl (C=O) groups is 1. The van der Waals surface area contributed by atoms with Gasteiger partial charge in [-0.15, -0.1) is 0 Å². The molecular weight excluding hydrogens is 199 g/mol. The molecule has 0 aliphatic heterocycles. The third kappa shape index (κ3) is 1.71. The van der Waals surface area contributed by atoms with Gasteiger partial charge >= 0.3 is 0 Å². The predicted molar refractivity (Wildman–Crippen MR) is 45.3 cm³/mol. The molecule has 0 saturated carbocycles. The van der Waals surface area contributed by atoms with Crippen molar-refractivity contribution in [2.75, 3.05) is 5.48 Å². The van der Waals surface area contributed by atoms with E-state index in [2.05, 4.69) is 0 Å². The Bertz CT molecular complexity index is 357. The third-order valence-electron chi connectivity index (χ3n) is 1.47. The van der Waals surface area contributed by atoms with Crippen molar-refractivity contribution in [1.29, 1.82) is 0 Å². The van der Waals surface area contributed by atoms with E-state index in [0.717, 1.165) is 12.1 Å². The molecule has 1 amide bonds. The lowest BCUT2D eigenvalue weighted by Crippen LogP contribution is -2.14. The van der Waals surface area contributed by atoms with Gasteiger partial charge in [-0.05, 0) is 12.1 Å². The van der Waals surface area contributed by atoms with Crippen LogP contribution in [0.15, 0.2) is 12.1 Å². The Morgan fingerprint density at radius 1 is 1.62 bits per heavy atom. The van der Waals surface area contributed by atoms with Gasteiger partial charge in [0.25, 0.3) is 5.91 Å². The van der Waals surface area contributed by atoms with Crippen molar-refractivity contribution in [1.82, 2.24) is 0 Å². The number of carbonyl (C=O) groups excluding carboxylic acids is 1. The topological polar surface area (TPSA) is 75.4 Å². The summed E-state index contributed by atoms with van der Waals surface area (Å²) in [6.45, 7) is 0. The molecule has 0 aromatic heterocycles. The van der Waals surface area contributed by atoms with Crippen molar-refractivity contribution in [2.45, 2.75) is 0 Å². The van der Waals surface area contributed by atoms with Gasteiger partial charge in [-0.1, -0.05) is 11.6 Å². The summed E-state index contributed by atoms with van der Waals surface area (Å²) in [6.07, 6.45) is 0. The second-order valence-corrected chi connectivity index (χ2v) is 2.64. The van der Waals surface area contributed by atoms with Crippen LogP contribution in [-0.4, -0.2) is 11.1 Å². The maximum Gasteiger partial charge on any atom is 0.250 e. The number of benzene rings is 1. The first-order chi connectivity index (χ1) is 6.07. The fourth-order valence-corrected chi connectivity index (χ4v) is 1.07. The van der Waals surface area contributed by atoms with Gasteiger partial charge in [-0.3, -0.25) is 15.5 Å². The van der Waals surface area contributed by atoms with Gasteiger partial charge in [-0.25, -0.2) is 4.39 Å². The van der Waals surface area contributed by atoms with Gasteiger partial charge in [0.05, 0.1) is 11.3 Å². The second-order valence-electron chi connectivity index (χ2n) is 2.26. The first kappa shape index (κ1) is 9.76. The molecule has 0 aliphatic carbocycles. The lowest BCUT2D eigenvalue weighted by Gasteiger charge is -2.07. The number of anilines is 1. The molecule has 0 radical (unpaired) electrons. The zero-order chi connectivity index (χ0) is 10.0. The summed E-state index contributed by atoms with van der Waals surface area (Å²) in [4.78, 5) is 10.7. The number of nitrogens with two attached hydrogens (primary N) is 1. The monoisotopic (exact) mass is 204 g/mol. The molecule has 4 N–H and O–H groups in total.